The van der Waals surface area contributed by atoms with Crippen LogP contribution in [0.15, 0.2) is 121 Å². The summed E-state index contributed by atoms with van der Waals surface area (Å²) < 4.78 is 0. The van der Waals surface area contributed by atoms with Gasteiger partial charge in [0.1, 0.15) is 0 Å². The van der Waals surface area contributed by atoms with Gasteiger partial charge >= 0.3 is 12.2 Å². The van der Waals surface area contributed by atoms with Crippen LogP contribution in [0.5, 0.6) is 0 Å². The predicted octanol–water partition coefficient (Wildman–Crippen LogP) is 6.73. The van der Waals surface area contributed by atoms with Crippen LogP contribution in [0.3, 0.4) is 0 Å². The van der Waals surface area contributed by atoms with Crippen LogP contribution in [0.25, 0.3) is 0 Å². The van der Waals surface area contributed by atoms with E-state index in [2.05, 4.69) is 0 Å². The standard InChI is InChI=1S/2C15H15NO2/c2*17-15(18)16(11-13-7-3-1-4-8-13)12-14-9-5-2-6-10-14/h2*1-10H,11-12H2,(H,17,18). The molecular formula is C30H30N2O4. The summed E-state index contributed by atoms with van der Waals surface area (Å²) in [5.74, 6) is 0. The molecule has 2 N–H and O–H groups in total. The second kappa shape index (κ2) is 14.0. The summed E-state index contributed by atoms with van der Waals surface area (Å²) in [5, 5.41) is 18.4. The number of benzene rings is 4. The molecule has 0 unspecified atom stereocenters. The van der Waals surface area contributed by atoms with Crippen LogP contribution >= 0.6 is 0 Å². The van der Waals surface area contributed by atoms with Crippen molar-refractivity contribution in [1.29, 1.82) is 0 Å². The van der Waals surface area contributed by atoms with Gasteiger partial charge in [0.05, 0.1) is 0 Å². The molecule has 0 radical (unpaired) electrons. The van der Waals surface area contributed by atoms with E-state index in [4.69, 9.17) is 0 Å². The third-order valence-corrected chi connectivity index (χ3v) is 5.41. The SMILES string of the molecule is O=C(O)N(Cc1ccccc1)Cc1ccccc1.O=C(O)N(Cc1ccccc1)Cc1ccccc1. The molecule has 4 aromatic carbocycles. The van der Waals surface area contributed by atoms with Crippen LogP contribution < -0.4 is 0 Å². The van der Waals surface area contributed by atoms with Crippen molar-refractivity contribution in [2.24, 2.45) is 0 Å². The molecule has 0 atom stereocenters. The van der Waals surface area contributed by atoms with Gasteiger partial charge in [-0.2, -0.15) is 0 Å². The van der Waals surface area contributed by atoms with Crippen molar-refractivity contribution in [3.63, 3.8) is 0 Å². The highest BCUT2D eigenvalue weighted by Crippen LogP contribution is 2.11. The molecule has 0 aliphatic carbocycles. The lowest BCUT2D eigenvalue weighted by Gasteiger charge is -2.19. The zero-order chi connectivity index (χ0) is 25.6. The molecule has 0 saturated carbocycles. The van der Waals surface area contributed by atoms with E-state index in [-0.39, 0.29) is 0 Å². The summed E-state index contributed by atoms with van der Waals surface area (Å²) in [6.07, 6.45) is -1.80. The minimum absolute atomic E-state index is 0.408. The summed E-state index contributed by atoms with van der Waals surface area (Å²) in [6, 6.07) is 38.5. The monoisotopic (exact) mass is 482 g/mol. The number of amides is 2. The van der Waals surface area contributed by atoms with Gasteiger partial charge in [0.15, 0.2) is 0 Å². The second-order valence-corrected chi connectivity index (χ2v) is 8.22. The summed E-state index contributed by atoms with van der Waals surface area (Å²) in [7, 11) is 0. The molecule has 0 saturated heterocycles. The van der Waals surface area contributed by atoms with E-state index in [9.17, 15) is 19.8 Å². The maximum absolute atomic E-state index is 11.2. The molecule has 0 aliphatic heterocycles. The average molecular weight is 483 g/mol. The molecule has 0 heterocycles. The summed E-state index contributed by atoms with van der Waals surface area (Å²) >= 11 is 0. The van der Waals surface area contributed by atoms with Crippen molar-refractivity contribution in [3.05, 3.63) is 144 Å². The molecule has 0 aromatic heterocycles. The quantitative estimate of drug-likeness (QED) is 0.292. The first-order valence-corrected chi connectivity index (χ1v) is 11.6. The first-order valence-electron chi connectivity index (χ1n) is 11.6. The molecule has 0 fully saturated rings. The van der Waals surface area contributed by atoms with Crippen molar-refractivity contribution in [2.45, 2.75) is 26.2 Å². The normalized spacial score (nSPS) is 10.0. The number of hydrogen-bond acceptors (Lipinski definition) is 2. The van der Waals surface area contributed by atoms with Crippen molar-refractivity contribution in [3.8, 4) is 0 Å². The molecule has 184 valence electrons. The Labute approximate surface area is 211 Å². The van der Waals surface area contributed by atoms with E-state index in [0.717, 1.165) is 22.3 Å². The molecule has 0 bridgehead atoms. The Morgan fingerprint density at radius 1 is 0.417 bits per heavy atom. The van der Waals surface area contributed by atoms with Gasteiger partial charge in [-0.25, -0.2) is 9.59 Å². The molecule has 36 heavy (non-hydrogen) atoms. The lowest BCUT2D eigenvalue weighted by atomic mass is 10.2. The van der Waals surface area contributed by atoms with Gasteiger partial charge in [0.25, 0.3) is 0 Å². The van der Waals surface area contributed by atoms with E-state index in [1.165, 1.54) is 9.80 Å². The highest BCUT2D eigenvalue weighted by atomic mass is 16.4. The predicted molar refractivity (Wildman–Crippen MR) is 140 cm³/mol. The van der Waals surface area contributed by atoms with Gasteiger partial charge in [0.2, 0.25) is 0 Å². The lowest BCUT2D eigenvalue weighted by molar-refractivity contribution is 0.138. The Morgan fingerprint density at radius 3 is 0.778 bits per heavy atom. The van der Waals surface area contributed by atoms with Gasteiger partial charge in [-0.15, -0.1) is 0 Å². The first kappa shape index (κ1) is 26.0. The van der Waals surface area contributed by atoms with Crippen LogP contribution in [0, 0.1) is 0 Å². The van der Waals surface area contributed by atoms with Gasteiger partial charge in [-0.05, 0) is 22.3 Å². The molecule has 4 rings (SSSR count). The lowest BCUT2D eigenvalue weighted by Crippen LogP contribution is -2.28. The fourth-order valence-electron chi connectivity index (χ4n) is 3.60. The molecule has 6 heteroatoms. The second-order valence-electron chi connectivity index (χ2n) is 8.22. The van der Waals surface area contributed by atoms with Gasteiger partial charge in [0, 0.05) is 26.2 Å². The number of carbonyl (C=O) groups is 2. The summed E-state index contributed by atoms with van der Waals surface area (Å²) in [4.78, 5) is 25.3. The molecule has 2 amide bonds. The summed E-state index contributed by atoms with van der Waals surface area (Å²) in [5.41, 5.74) is 3.98. The van der Waals surface area contributed by atoms with Crippen LogP contribution in [0.2, 0.25) is 0 Å². The Bertz CT molecular complexity index is 1010. The minimum Gasteiger partial charge on any atom is -0.465 e. The molecule has 0 aliphatic rings. The third-order valence-electron chi connectivity index (χ3n) is 5.41. The molecule has 4 aromatic rings. The zero-order valence-corrected chi connectivity index (χ0v) is 20.0. The largest absolute Gasteiger partial charge is 0.465 e. The number of rotatable bonds is 8. The highest BCUT2D eigenvalue weighted by molar-refractivity contribution is 5.65. The van der Waals surface area contributed by atoms with Crippen LogP contribution in [0.4, 0.5) is 9.59 Å². The van der Waals surface area contributed by atoms with Crippen LogP contribution in [-0.4, -0.2) is 32.2 Å². The first-order chi connectivity index (χ1) is 17.5. The van der Waals surface area contributed by atoms with E-state index >= 15 is 0 Å². The van der Waals surface area contributed by atoms with E-state index in [1.54, 1.807) is 0 Å². The Morgan fingerprint density at radius 2 is 0.611 bits per heavy atom. The maximum Gasteiger partial charge on any atom is 0.407 e. The minimum atomic E-state index is -0.900. The number of carboxylic acid groups (broad SMARTS) is 2. The Kier molecular flexibility index (Phi) is 10.1. The van der Waals surface area contributed by atoms with E-state index in [1.807, 2.05) is 121 Å². The zero-order valence-electron chi connectivity index (χ0n) is 20.0. The topological polar surface area (TPSA) is 81.1 Å². The fourth-order valence-corrected chi connectivity index (χ4v) is 3.60. The van der Waals surface area contributed by atoms with Crippen molar-refractivity contribution >= 4 is 12.2 Å². The molecular weight excluding hydrogens is 452 g/mol. The number of nitrogens with zero attached hydrogens (tertiary/aromatic N) is 2. The Hall–Kier alpha value is -4.58. The third kappa shape index (κ3) is 8.99. The van der Waals surface area contributed by atoms with Crippen LogP contribution in [-0.2, 0) is 26.2 Å². The number of hydrogen-bond donors (Lipinski definition) is 2. The van der Waals surface area contributed by atoms with E-state index < -0.39 is 12.2 Å². The maximum atomic E-state index is 11.2. The molecule has 6 nitrogen and oxygen atoms in total. The molecule has 0 spiro atoms. The van der Waals surface area contributed by atoms with Gasteiger partial charge in [-0.3, -0.25) is 9.80 Å². The van der Waals surface area contributed by atoms with Crippen molar-refractivity contribution < 1.29 is 19.8 Å². The fraction of sp³-hybridized carbons (Fsp3) is 0.133. The Balaban J connectivity index is 0.000000201. The summed E-state index contributed by atoms with van der Waals surface area (Å²) in [6.45, 7) is 1.63. The van der Waals surface area contributed by atoms with Crippen molar-refractivity contribution in [2.75, 3.05) is 0 Å². The van der Waals surface area contributed by atoms with Gasteiger partial charge in [-0.1, -0.05) is 121 Å². The van der Waals surface area contributed by atoms with Crippen molar-refractivity contribution in [1.82, 2.24) is 9.80 Å². The van der Waals surface area contributed by atoms with Crippen LogP contribution in [0.1, 0.15) is 22.3 Å². The van der Waals surface area contributed by atoms with Gasteiger partial charge < -0.3 is 10.2 Å². The smallest absolute Gasteiger partial charge is 0.407 e. The van der Waals surface area contributed by atoms with E-state index in [0.29, 0.717) is 26.2 Å². The average Bonchev–Trinajstić information content (AvgIpc) is 2.91. The highest BCUT2D eigenvalue weighted by Gasteiger charge is 2.13.